The number of hydrogen-bond acceptors (Lipinski definition) is 4. The first-order valence-electron chi connectivity index (χ1n) is 5.65. The third-order valence-electron chi connectivity index (χ3n) is 2.48. The minimum absolute atomic E-state index is 0.101. The van der Waals surface area contributed by atoms with E-state index in [0.717, 1.165) is 17.0 Å². The smallest absolute Gasteiger partial charge is 0.239 e. The first kappa shape index (κ1) is 14.0. The average molecular weight is 341 g/mol. The number of amides is 1. The number of nitrogens with zero attached hydrogens (tertiary/aromatic N) is 1. The molecule has 0 fully saturated rings. The fraction of sp³-hybridized carbons (Fsp3) is 0.231. The van der Waals surface area contributed by atoms with E-state index in [2.05, 4.69) is 26.2 Å². The highest BCUT2D eigenvalue weighted by atomic mass is 79.9. The molecule has 0 bridgehead atoms. The largest absolute Gasteiger partial charge is 0.497 e. The molecule has 1 aromatic carbocycles. The van der Waals surface area contributed by atoms with Crippen LogP contribution in [-0.2, 0) is 4.79 Å². The Morgan fingerprint density at radius 1 is 1.42 bits per heavy atom. The van der Waals surface area contributed by atoms with Gasteiger partial charge in [0.15, 0.2) is 5.13 Å². The number of ether oxygens (including phenoxy) is 1. The molecule has 0 aliphatic heterocycles. The molecule has 1 aromatic heterocycles. The van der Waals surface area contributed by atoms with Gasteiger partial charge in [0, 0.05) is 10.9 Å². The van der Waals surface area contributed by atoms with E-state index >= 15 is 0 Å². The molecule has 0 radical (unpaired) electrons. The predicted molar refractivity (Wildman–Crippen MR) is 81.1 cm³/mol. The highest BCUT2D eigenvalue weighted by Crippen LogP contribution is 2.26. The lowest BCUT2D eigenvalue weighted by Gasteiger charge is -2.02. The third kappa shape index (κ3) is 3.54. The van der Waals surface area contributed by atoms with Crippen molar-refractivity contribution in [3.8, 4) is 17.0 Å². The second-order valence-corrected chi connectivity index (χ2v) is 6.10. The molecule has 0 aliphatic rings. The van der Waals surface area contributed by atoms with E-state index in [1.54, 1.807) is 14.0 Å². The summed E-state index contributed by atoms with van der Waals surface area (Å²) in [6.07, 6.45) is 0. The number of alkyl halides is 1. The molecule has 1 amide bonds. The Morgan fingerprint density at radius 3 is 2.68 bits per heavy atom. The van der Waals surface area contributed by atoms with Gasteiger partial charge in [-0.1, -0.05) is 15.9 Å². The van der Waals surface area contributed by atoms with Crippen LogP contribution in [0.25, 0.3) is 11.3 Å². The summed E-state index contributed by atoms with van der Waals surface area (Å²) in [5.41, 5.74) is 1.83. The molecule has 19 heavy (non-hydrogen) atoms. The van der Waals surface area contributed by atoms with Crippen LogP contribution in [0.4, 0.5) is 5.13 Å². The van der Waals surface area contributed by atoms with Gasteiger partial charge in [0.2, 0.25) is 5.91 Å². The van der Waals surface area contributed by atoms with Crippen molar-refractivity contribution in [2.75, 3.05) is 12.4 Å². The average Bonchev–Trinajstić information content (AvgIpc) is 2.87. The highest BCUT2D eigenvalue weighted by Gasteiger charge is 2.11. The topological polar surface area (TPSA) is 51.2 Å². The SMILES string of the molecule is COc1ccc(-c2csc(NC(=O)C(C)Br)n2)cc1. The van der Waals surface area contributed by atoms with E-state index in [1.807, 2.05) is 29.6 Å². The molecule has 1 atom stereocenters. The van der Waals surface area contributed by atoms with Crippen LogP contribution in [0.15, 0.2) is 29.6 Å². The second-order valence-electron chi connectivity index (χ2n) is 3.87. The van der Waals surface area contributed by atoms with Crippen LogP contribution in [0.5, 0.6) is 5.75 Å². The molecule has 1 unspecified atom stereocenters. The van der Waals surface area contributed by atoms with Crippen LogP contribution in [-0.4, -0.2) is 22.8 Å². The predicted octanol–water partition coefficient (Wildman–Crippen LogP) is 3.54. The molecule has 2 aromatic rings. The summed E-state index contributed by atoms with van der Waals surface area (Å²) >= 11 is 4.62. The fourth-order valence-corrected chi connectivity index (χ4v) is 2.27. The number of anilines is 1. The number of carbonyl (C=O) groups is 1. The van der Waals surface area contributed by atoms with Crippen molar-refractivity contribution in [1.82, 2.24) is 4.98 Å². The fourth-order valence-electron chi connectivity index (χ4n) is 1.43. The molecule has 2 rings (SSSR count). The molecular weight excluding hydrogens is 328 g/mol. The van der Waals surface area contributed by atoms with Gasteiger partial charge in [-0.05, 0) is 31.2 Å². The van der Waals surface area contributed by atoms with Gasteiger partial charge in [0.25, 0.3) is 0 Å². The highest BCUT2D eigenvalue weighted by molar-refractivity contribution is 9.10. The first-order valence-corrected chi connectivity index (χ1v) is 7.44. The van der Waals surface area contributed by atoms with Gasteiger partial charge in [-0.3, -0.25) is 4.79 Å². The molecule has 6 heteroatoms. The molecule has 100 valence electrons. The summed E-state index contributed by atoms with van der Waals surface area (Å²) in [4.78, 5) is 15.7. The number of methoxy groups -OCH3 is 1. The normalized spacial score (nSPS) is 11.9. The van der Waals surface area contributed by atoms with Crippen LogP contribution in [0.3, 0.4) is 0 Å². The lowest BCUT2D eigenvalue weighted by Crippen LogP contribution is -2.19. The Bertz CT molecular complexity index is 566. The van der Waals surface area contributed by atoms with Crippen molar-refractivity contribution in [1.29, 1.82) is 0 Å². The molecule has 0 saturated carbocycles. The minimum Gasteiger partial charge on any atom is -0.497 e. The Kier molecular flexibility index (Phi) is 4.55. The molecule has 0 spiro atoms. The summed E-state index contributed by atoms with van der Waals surface area (Å²) in [6.45, 7) is 1.77. The van der Waals surface area contributed by atoms with E-state index in [1.165, 1.54) is 11.3 Å². The van der Waals surface area contributed by atoms with Gasteiger partial charge < -0.3 is 10.1 Å². The van der Waals surface area contributed by atoms with Crippen molar-refractivity contribution in [3.05, 3.63) is 29.6 Å². The molecule has 1 heterocycles. The quantitative estimate of drug-likeness (QED) is 0.866. The van der Waals surface area contributed by atoms with Gasteiger partial charge in [-0.2, -0.15) is 0 Å². The van der Waals surface area contributed by atoms with Gasteiger partial charge in [0.1, 0.15) is 5.75 Å². The summed E-state index contributed by atoms with van der Waals surface area (Å²) < 4.78 is 5.11. The van der Waals surface area contributed by atoms with E-state index in [0.29, 0.717) is 5.13 Å². The van der Waals surface area contributed by atoms with E-state index in [-0.39, 0.29) is 10.7 Å². The molecule has 4 nitrogen and oxygen atoms in total. The maximum Gasteiger partial charge on any atom is 0.239 e. The maximum absolute atomic E-state index is 11.5. The Hall–Kier alpha value is -1.40. The number of hydrogen-bond donors (Lipinski definition) is 1. The van der Waals surface area contributed by atoms with Crippen LogP contribution >= 0.6 is 27.3 Å². The number of rotatable bonds is 4. The lowest BCUT2D eigenvalue weighted by molar-refractivity contribution is -0.115. The monoisotopic (exact) mass is 340 g/mol. The van der Waals surface area contributed by atoms with Crippen molar-refractivity contribution in [3.63, 3.8) is 0 Å². The summed E-state index contributed by atoms with van der Waals surface area (Å²) in [5.74, 6) is 0.705. The van der Waals surface area contributed by atoms with Crippen molar-refractivity contribution in [2.24, 2.45) is 0 Å². The molecule has 0 aliphatic carbocycles. The molecule has 0 saturated heterocycles. The number of aromatic nitrogens is 1. The number of nitrogens with one attached hydrogen (secondary N) is 1. The van der Waals surface area contributed by atoms with Gasteiger partial charge in [-0.15, -0.1) is 11.3 Å². The Morgan fingerprint density at radius 2 is 2.11 bits per heavy atom. The van der Waals surface area contributed by atoms with Crippen molar-refractivity contribution >= 4 is 38.3 Å². The van der Waals surface area contributed by atoms with Crippen LogP contribution in [0, 0.1) is 0 Å². The second kappa shape index (κ2) is 6.16. The van der Waals surface area contributed by atoms with Crippen molar-refractivity contribution in [2.45, 2.75) is 11.8 Å². The Labute approximate surface area is 124 Å². The zero-order chi connectivity index (χ0) is 13.8. The molecular formula is C13H13BrN2O2S. The number of carbonyl (C=O) groups excluding carboxylic acids is 1. The van der Waals surface area contributed by atoms with Gasteiger partial charge >= 0.3 is 0 Å². The van der Waals surface area contributed by atoms with Crippen LogP contribution in [0.1, 0.15) is 6.92 Å². The zero-order valence-electron chi connectivity index (χ0n) is 10.5. The summed E-state index contributed by atoms with van der Waals surface area (Å²) in [7, 11) is 1.63. The standard InChI is InChI=1S/C13H13BrN2O2S/c1-8(14)12(17)16-13-15-11(7-19-13)9-3-5-10(18-2)6-4-9/h3-8H,1-2H3,(H,15,16,17). The number of thiazole rings is 1. The first-order chi connectivity index (χ1) is 9.10. The Balaban J connectivity index is 2.13. The summed E-state index contributed by atoms with van der Waals surface area (Å²) in [6, 6.07) is 7.64. The van der Waals surface area contributed by atoms with Gasteiger partial charge in [-0.25, -0.2) is 4.98 Å². The number of halogens is 1. The minimum atomic E-state index is -0.235. The lowest BCUT2D eigenvalue weighted by atomic mass is 10.2. The molecule has 1 N–H and O–H groups in total. The summed E-state index contributed by atoms with van der Waals surface area (Å²) in [5, 5.41) is 5.26. The third-order valence-corrected chi connectivity index (χ3v) is 3.65. The van der Waals surface area contributed by atoms with E-state index in [4.69, 9.17) is 4.74 Å². The van der Waals surface area contributed by atoms with Gasteiger partial charge in [0.05, 0.1) is 17.6 Å². The van der Waals surface area contributed by atoms with Crippen molar-refractivity contribution < 1.29 is 9.53 Å². The van der Waals surface area contributed by atoms with E-state index < -0.39 is 0 Å². The zero-order valence-corrected chi connectivity index (χ0v) is 12.9. The number of benzene rings is 1. The van der Waals surface area contributed by atoms with Crippen LogP contribution < -0.4 is 10.1 Å². The van der Waals surface area contributed by atoms with E-state index in [9.17, 15) is 4.79 Å². The maximum atomic E-state index is 11.5. The van der Waals surface area contributed by atoms with Crippen LogP contribution in [0.2, 0.25) is 0 Å².